The number of halogens is 2. The molecule has 0 aliphatic rings. The minimum absolute atomic E-state index is 0.250. The van der Waals surface area contributed by atoms with Crippen LogP contribution in [-0.2, 0) is 13.6 Å². The second-order valence-electron chi connectivity index (χ2n) is 5.38. The molecular weight excluding hydrogens is 333 g/mol. The van der Waals surface area contributed by atoms with E-state index >= 15 is 0 Å². The van der Waals surface area contributed by atoms with Crippen molar-refractivity contribution in [3.8, 4) is 0 Å². The minimum Gasteiger partial charge on any atom is -0.319 e. The molecule has 0 bridgehead atoms. The summed E-state index contributed by atoms with van der Waals surface area (Å²) in [5.74, 6) is -0.635. The van der Waals surface area contributed by atoms with Crippen LogP contribution in [0, 0.1) is 12.7 Å². The van der Waals surface area contributed by atoms with Crippen molar-refractivity contribution < 1.29 is 9.18 Å². The summed E-state index contributed by atoms with van der Waals surface area (Å²) < 4.78 is 16.3. The lowest BCUT2D eigenvalue weighted by molar-refractivity contribution is 0.102. The van der Waals surface area contributed by atoms with E-state index in [4.69, 9.17) is 11.6 Å². The van der Waals surface area contributed by atoms with Gasteiger partial charge in [-0.1, -0.05) is 17.7 Å². The zero-order valence-electron chi connectivity index (χ0n) is 13.1. The number of amides is 1. The van der Waals surface area contributed by atoms with Crippen molar-refractivity contribution in [2.75, 3.05) is 5.32 Å². The van der Waals surface area contributed by atoms with Gasteiger partial charge in [0.2, 0.25) is 0 Å². The van der Waals surface area contributed by atoms with Gasteiger partial charge in [-0.2, -0.15) is 10.2 Å². The monoisotopic (exact) mass is 347 g/mol. The Kier molecular flexibility index (Phi) is 4.35. The van der Waals surface area contributed by atoms with Crippen LogP contribution < -0.4 is 5.32 Å². The van der Waals surface area contributed by atoms with Crippen molar-refractivity contribution in [3.05, 3.63) is 64.5 Å². The SMILES string of the molecule is Cc1c(C(=O)Nc2cnn(Cc3ccc(F)cc3Cl)c2)cnn1C. The highest BCUT2D eigenvalue weighted by Gasteiger charge is 2.14. The molecule has 3 aromatic rings. The van der Waals surface area contributed by atoms with Gasteiger partial charge >= 0.3 is 0 Å². The van der Waals surface area contributed by atoms with Crippen LogP contribution in [0.5, 0.6) is 0 Å². The van der Waals surface area contributed by atoms with Crippen LogP contribution in [0.2, 0.25) is 5.02 Å². The summed E-state index contributed by atoms with van der Waals surface area (Å²) in [6.07, 6.45) is 4.75. The molecule has 2 aromatic heterocycles. The Morgan fingerprint density at radius 3 is 2.79 bits per heavy atom. The van der Waals surface area contributed by atoms with Crippen molar-refractivity contribution in [2.24, 2.45) is 7.05 Å². The topological polar surface area (TPSA) is 64.7 Å². The molecule has 124 valence electrons. The molecule has 0 fully saturated rings. The maximum atomic E-state index is 13.1. The first-order chi connectivity index (χ1) is 11.4. The van der Waals surface area contributed by atoms with E-state index < -0.39 is 0 Å². The quantitative estimate of drug-likeness (QED) is 0.789. The zero-order chi connectivity index (χ0) is 17.3. The van der Waals surface area contributed by atoms with Gasteiger partial charge in [0.05, 0.1) is 30.2 Å². The molecule has 0 aliphatic carbocycles. The van der Waals surface area contributed by atoms with Crippen molar-refractivity contribution in [1.82, 2.24) is 19.6 Å². The number of carbonyl (C=O) groups is 1. The molecular formula is C16H15ClFN5O. The third-order valence-electron chi connectivity index (χ3n) is 3.72. The number of carbonyl (C=O) groups excluding carboxylic acids is 1. The zero-order valence-corrected chi connectivity index (χ0v) is 13.9. The van der Waals surface area contributed by atoms with Gasteiger partial charge in [0.15, 0.2) is 0 Å². The van der Waals surface area contributed by atoms with Gasteiger partial charge in [-0.3, -0.25) is 14.2 Å². The highest BCUT2D eigenvalue weighted by molar-refractivity contribution is 6.31. The Hall–Kier alpha value is -2.67. The Bertz CT molecular complexity index is 902. The van der Waals surface area contributed by atoms with Crippen LogP contribution in [-0.4, -0.2) is 25.5 Å². The molecule has 0 unspecified atom stereocenters. The summed E-state index contributed by atoms with van der Waals surface area (Å²) in [5, 5.41) is 11.3. The number of anilines is 1. The van der Waals surface area contributed by atoms with Crippen molar-refractivity contribution in [2.45, 2.75) is 13.5 Å². The molecule has 0 radical (unpaired) electrons. The lowest BCUT2D eigenvalue weighted by Gasteiger charge is -2.05. The van der Waals surface area contributed by atoms with Gasteiger partial charge in [-0.05, 0) is 24.6 Å². The lowest BCUT2D eigenvalue weighted by atomic mass is 10.2. The average molecular weight is 348 g/mol. The van der Waals surface area contributed by atoms with Gasteiger partial charge in [0.1, 0.15) is 5.82 Å². The summed E-state index contributed by atoms with van der Waals surface area (Å²) in [5.41, 5.74) is 2.58. The van der Waals surface area contributed by atoms with Crippen molar-refractivity contribution in [1.29, 1.82) is 0 Å². The number of nitrogens with zero attached hydrogens (tertiary/aromatic N) is 4. The number of aromatic nitrogens is 4. The summed E-state index contributed by atoms with van der Waals surface area (Å²) in [4.78, 5) is 12.2. The van der Waals surface area contributed by atoms with Gasteiger partial charge < -0.3 is 5.32 Å². The number of hydrogen-bond acceptors (Lipinski definition) is 3. The molecule has 0 saturated carbocycles. The first kappa shape index (κ1) is 16.2. The molecule has 2 heterocycles. The predicted molar refractivity (Wildman–Crippen MR) is 88.6 cm³/mol. The second kappa shape index (κ2) is 6.45. The molecule has 1 N–H and O–H groups in total. The smallest absolute Gasteiger partial charge is 0.259 e. The molecule has 3 rings (SSSR count). The summed E-state index contributed by atoms with van der Waals surface area (Å²) in [7, 11) is 1.77. The molecule has 8 heteroatoms. The summed E-state index contributed by atoms with van der Waals surface area (Å²) >= 11 is 6.01. The fourth-order valence-corrected chi connectivity index (χ4v) is 2.49. The van der Waals surface area contributed by atoms with E-state index in [0.29, 0.717) is 22.8 Å². The molecule has 0 spiro atoms. The minimum atomic E-state index is -0.385. The normalized spacial score (nSPS) is 10.8. The average Bonchev–Trinajstić information content (AvgIpc) is 3.10. The lowest BCUT2D eigenvalue weighted by Crippen LogP contribution is -2.12. The van der Waals surface area contributed by atoms with Crippen molar-refractivity contribution >= 4 is 23.2 Å². The van der Waals surface area contributed by atoms with E-state index in [1.54, 1.807) is 34.9 Å². The van der Waals surface area contributed by atoms with Crippen LogP contribution in [0.25, 0.3) is 0 Å². The van der Waals surface area contributed by atoms with Crippen LogP contribution in [0.4, 0.5) is 10.1 Å². The third kappa shape index (κ3) is 3.30. The van der Waals surface area contributed by atoms with Crippen molar-refractivity contribution in [3.63, 3.8) is 0 Å². The second-order valence-corrected chi connectivity index (χ2v) is 5.79. The number of nitrogens with one attached hydrogen (secondary N) is 1. The molecule has 24 heavy (non-hydrogen) atoms. The maximum absolute atomic E-state index is 13.1. The van der Waals surface area contributed by atoms with E-state index in [2.05, 4.69) is 15.5 Å². The first-order valence-electron chi connectivity index (χ1n) is 7.20. The van der Waals surface area contributed by atoms with E-state index in [9.17, 15) is 9.18 Å². The highest BCUT2D eigenvalue weighted by atomic mass is 35.5. The van der Waals surface area contributed by atoms with Crippen LogP contribution in [0.1, 0.15) is 21.6 Å². The largest absolute Gasteiger partial charge is 0.319 e. The maximum Gasteiger partial charge on any atom is 0.259 e. The van der Waals surface area contributed by atoms with E-state index in [1.807, 2.05) is 6.92 Å². The molecule has 0 atom stereocenters. The fourth-order valence-electron chi connectivity index (χ4n) is 2.26. The van der Waals surface area contributed by atoms with Gasteiger partial charge in [-0.25, -0.2) is 4.39 Å². The highest BCUT2D eigenvalue weighted by Crippen LogP contribution is 2.19. The van der Waals surface area contributed by atoms with Crippen LogP contribution >= 0.6 is 11.6 Å². The number of benzene rings is 1. The Labute approximate surface area is 142 Å². The van der Waals surface area contributed by atoms with E-state index in [0.717, 1.165) is 11.3 Å². The standard InChI is InChI=1S/C16H15ClFN5O/c1-10-14(7-19-22(10)2)16(24)21-13-6-20-23(9-13)8-11-3-4-12(18)5-15(11)17/h3-7,9H,8H2,1-2H3,(H,21,24). The first-order valence-corrected chi connectivity index (χ1v) is 7.58. The van der Waals surface area contributed by atoms with Gasteiger partial charge in [-0.15, -0.1) is 0 Å². The Balaban J connectivity index is 1.71. The third-order valence-corrected chi connectivity index (χ3v) is 4.07. The number of aryl methyl sites for hydroxylation is 1. The van der Waals surface area contributed by atoms with E-state index in [-0.39, 0.29) is 11.7 Å². The number of hydrogen-bond donors (Lipinski definition) is 1. The van der Waals surface area contributed by atoms with E-state index in [1.165, 1.54) is 18.3 Å². The predicted octanol–water partition coefficient (Wildman–Crippen LogP) is 3.02. The van der Waals surface area contributed by atoms with Crippen LogP contribution in [0.3, 0.4) is 0 Å². The fraction of sp³-hybridized carbons (Fsp3) is 0.188. The van der Waals surface area contributed by atoms with Crippen LogP contribution in [0.15, 0.2) is 36.8 Å². The molecule has 0 saturated heterocycles. The Morgan fingerprint density at radius 1 is 1.33 bits per heavy atom. The summed E-state index contributed by atoms with van der Waals surface area (Å²) in [6, 6.07) is 4.21. The molecule has 6 nitrogen and oxygen atoms in total. The summed E-state index contributed by atoms with van der Waals surface area (Å²) in [6.45, 7) is 2.20. The molecule has 1 aromatic carbocycles. The molecule has 1 amide bonds. The molecule has 0 aliphatic heterocycles. The van der Waals surface area contributed by atoms with Gasteiger partial charge in [0.25, 0.3) is 5.91 Å². The Morgan fingerprint density at radius 2 is 2.12 bits per heavy atom. The number of rotatable bonds is 4. The van der Waals surface area contributed by atoms with Gasteiger partial charge in [0, 0.05) is 24.0 Å².